The molecule has 6 heteroatoms. The molecule has 2 amide bonds. The zero-order chi connectivity index (χ0) is 20.8. The normalized spacial score (nSPS) is 15.8. The third-order valence-corrected chi connectivity index (χ3v) is 5.43. The molecule has 0 aliphatic carbocycles. The molecule has 2 aromatic rings. The molecule has 1 aliphatic rings. The summed E-state index contributed by atoms with van der Waals surface area (Å²) in [4.78, 5) is 27.8. The summed E-state index contributed by atoms with van der Waals surface area (Å²) in [6, 6.07) is 15.8. The number of benzene rings is 2. The van der Waals surface area contributed by atoms with Gasteiger partial charge in [-0.3, -0.25) is 9.59 Å². The Morgan fingerprint density at radius 3 is 2.45 bits per heavy atom. The van der Waals surface area contributed by atoms with Gasteiger partial charge in [0.2, 0.25) is 5.91 Å². The minimum Gasteiger partial charge on any atom is -0.484 e. The van der Waals surface area contributed by atoms with E-state index in [1.54, 1.807) is 6.92 Å². The van der Waals surface area contributed by atoms with E-state index in [9.17, 15) is 9.59 Å². The average Bonchev–Trinajstić information content (AvgIpc) is 3.22. The van der Waals surface area contributed by atoms with Crippen molar-refractivity contribution < 1.29 is 14.3 Å². The van der Waals surface area contributed by atoms with Crippen molar-refractivity contribution in [3.05, 3.63) is 54.1 Å². The molecular formula is C23H29N3O3. The van der Waals surface area contributed by atoms with Gasteiger partial charge in [0.25, 0.3) is 5.91 Å². The number of aryl methyl sites for hydroxylation is 1. The lowest BCUT2D eigenvalue weighted by Gasteiger charge is -2.24. The Kier molecular flexibility index (Phi) is 6.75. The number of carbonyl (C=O) groups is 2. The van der Waals surface area contributed by atoms with Crippen LogP contribution in [0.5, 0.6) is 5.75 Å². The number of likely N-dealkylation sites (N-methyl/N-ethyl adjacent to an activating group) is 1. The maximum absolute atomic E-state index is 12.1. The molecule has 0 bridgehead atoms. The molecule has 1 heterocycles. The summed E-state index contributed by atoms with van der Waals surface area (Å²) in [6.45, 7) is 5.41. The Morgan fingerprint density at radius 2 is 1.83 bits per heavy atom. The van der Waals surface area contributed by atoms with Gasteiger partial charge in [-0.15, -0.1) is 0 Å². The van der Waals surface area contributed by atoms with Crippen LogP contribution in [0.15, 0.2) is 48.5 Å². The Hall–Kier alpha value is -3.02. The Bertz CT molecular complexity index is 833. The fraction of sp³-hybridized carbons (Fsp3) is 0.391. The molecule has 2 aromatic carbocycles. The van der Waals surface area contributed by atoms with Crippen molar-refractivity contribution in [1.82, 2.24) is 4.90 Å². The molecule has 1 saturated heterocycles. The highest BCUT2D eigenvalue weighted by atomic mass is 16.5. The zero-order valence-corrected chi connectivity index (χ0v) is 17.4. The van der Waals surface area contributed by atoms with Gasteiger partial charge in [-0.1, -0.05) is 19.1 Å². The molecule has 1 N–H and O–H groups in total. The molecule has 0 radical (unpaired) electrons. The van der Waals surface area contributed by atoms with E-state index in [0.717, 1.165) is 37.3 Å². The van der Waals surface area contributed by atoms with Crippen molar-refractivity contribution in [2.45, 2.75) is 32.7 Å². The van der Waals surface area contributed by atoms with E-state index in [4.69, 9.17) is 4.74 Å². The van der Waals surface area contributed by atoms with Crippen LogP contribution in [0.25, 0.3) is 0 Å². The number of amides is 2. The summed E-state index contributed by atoms with van der Waals surface area (Å²) in [5, 5.41) is 2.86. The summed E-state index contributed by atoms with van der Waals surface area (Å²) in [7, 11) is 1.86. The maximum atomic E-state index is 12.1. The molecule has 29 heavy (non-hydrogen) atoms. The molecule has 3 rings (SSSR count). The molecule has 1 unspecified atom stereocenters. The van der Waals surface area contributed by atoms with E-state index < -0.39 is 0 Å². The van der Waals surface area contributed by atoms with E-state index >= 15 is 0 Å². The summed E-state index contributed by atoms with van der Waals surface area (Å²) in [6.07, 6.45) is 1.94. The van der Waals surface area contributed by atoms with E-state index in [1.165, 1.54) is 5.56 Å². The zero-order valence-electron chi connectivity index (χ0n) is 17.4. The molecule has 0 spiro atoms. The van der Waals surface area contributed by atoms with Gasteiger partial charge in [0, 0.05) is 38.4 Å². The minimum absolute atomic E-state index is 0.0294. The number of ether oxygens (including phenoxy) is 1. The highest BCUT2D eigenvalue weighted by molar-refractivity contribution is 5.92. The van der Waals surface area contributed by atoms with E-state index in [0.29, 0.717) is 5.75 Å². The number of hydrogen-bond donors (Lipinski definition) is 1. The number of anilines is 2. The molecule has 6 nitrogen and oxygen atoms in total. The van der Waals surface area contributed by atoms with Gasteiger partial charge in [0.05, 0.1) is 6.04 Å². The largest absolute Gasteiger partial charge is 0.484 e. The Balaban J connectivity index is 1.48. The van der Waals surface area contributed by atoms with Crippen molar-refractivity contribution in [2.75, 3.05) is 37.0 Å². The van der Waals surface area contributed by atoms with Crippen LogP contribution in [0.4, 0.5) is 11.4 Å². The molecular weight excluding hydrogens is 366 g/mol. The minimum atomic E-state index is -0.193. The van der Waals surface area contributed by atoms with Crippen molar-refractivity contribution in [2.24, 2.45) is 0 Å². The standard InChI is InChI=1S/C23H29N3O3/c1-4-18-5-11-22(12-6-18)29-16-23(28)24-19-7-9-20(10-8-19)26-14-13-21(15-26)25(3)17(2)27/h5-12,21H,4,13-16H2,1-3H3,(H,24,28). The van der Waals surface area contributed by atoms with Crippen molar-refractivity contribution in [3.8, 4) is 5.75 Å². The smallest absolute Gasteiger partial charge is 0.262 e. The van der Waals surface area contributed by atoms with E-state index in [-0.39, 0.29) is 24.5 Å². The fourth-order valence-electron chi connectivity index (χ4n) is 3.47. The molecule has 0 saturated carbocycles. The topological polar surface area (TPSA) is 61.9 Å². The Labute approximate surface area is 172 Å². The van der Waals surface area contributed by atoms with Crippen LogP contribution in [0, 0.1) is 0 Å². The number of carbonyl (C=O) groups excluding carboxylic acids is 2. The predicted molar refractivity (Wildman–Crippen MR) is 115 cm³/mol. The summed E-state index contributed by atoms with van der Waals surface area (Å²) in [5.41, 5.74) is 3.06. The van der Waals surface area contributed by atoms with Gasteiger partial charge in [-0.05, 0) is 54.8 Å². The summed E-state index contributed by atoms with van der Waals surface area (Å²) >= 11 is 0. The second kappa shape index (κ2) is 9.45. The maximum Gasteiger partial charge on any atom is 0.262 e. The molecule has 154 valence electrons. The first-order valence-electron chi connectivity index (χ1n) is 10.1. The lowest BCUT2D eigenvalue weighted by molar-refractivity contribution is -0.129. The number of nitrogens with one attached hydrogen (secondary N) is 1. The van der Waals surface area contributed by atoms with Crippen LogP contribution < -0.4 is 15.0 Å². The van der Waals surface area contributed by atoms with Crippen molar-refractivity contribution >= 4 is 23.2 Å². The monoisotopic (exact) mass is 395 g/mol. The summed E-state index contributed by atoms with van der Waals surface area (Å²) < 4.78 is 5.55. The number of hydrogen-bond acceptors (Lipinski definition) is 4. The fourth-order valence-corrected chi connectivity index (χ4v) is 3.47. The first-order chi connectivity index (χ1) is 14.0. The second-order valence-corrected chi connectivity index (χ2v) is 7.40. The lowest BCUT2D eigenvalue weighted by Crippen LogP contribution is -2.37. The van der Waals surface area contributed by atoms with Gasteiger partial charge in [-0.2, -0.15) is 0 Å². The van der Waals surface area contributed by atoms with Gasteiger partial charge in [0.1, 0.15) is 5.75 Å². The van der Waals surface area contributed by atoms with Crippen LogP contribution in [-0.4, -0.2) is 49.5 Å². The third kappa shape index (κ3) is 5.50. The molecule has 0 aromatic heterocycles. The van der Waals surface area contributed by atoms with Crippen LogP contribution in [0.3, 0.4) is 0 Å². The highest BCUT2D eigenvalue weighted by Gasteiger charge is 2.27. The Morgan fingerprint density at radius 1 is 1.14 bits per heavy atom. The number of rotatable bonds is 7. The van der Waals surface area contributed by atoms with Crippen molar-refractivity contribution in [1.29, 1.82) is 0 Å². The highest BCUT2D eigenvalue weighted by Crippen LogP contribution is 2.24. The molecule has 1 aliphatic heterocycles. The average molecular weight is 396 g/mol. The lowest BCUT2D eigenvalue weighted by atomic mass is 10.2. The van der Waals surface area contributed by atoms with E-state index in [1.807, 2.05) is 60.5 Å². The first kappa shape index (κ1) is 20.7. The second-order valence-electron chi connectivity index (χ2n) is 7.40. The summed E-state index contributed by atoms with van der Waals surface area (Å²) in [5.74, 6) is 0.590. The van der Waals surface area contributed by atoms with Gasteiger partial charge in [-0.25, -0.2) is 0 Å². The number of nitrogens with zero attached hydrogens (tertiary/aromatic N) is 2. The van der Waals surface area contributed by atoms with E-state index in [2.05, 4.69) is 17.1 Å². The van der Waals surface area contributed by atoms with Gasteiger partial charge >= 0.3 is 0 Å². The molecule has 1 fully saturated rings. The van der Waals surface area contributed by atoms with Crippen molar-refractivity contribution in [3.63, 3.8) is 0 Å². The van der Waals surface area contributed by atoms with Crippen LogP contribution in [-0.2, 0) is 16.0 Å². The van der Waals surface area contributed by atoms with Gasteiger partial charge < -0.3 is 19.9 Å². The SMILES string of the molecule is CCc1ccc(OCC(=O)Nc2ccc(N3CCC(N(C)C(C)=O)C3)cc2)cc1. The van der Waals surface area contributed by atoms with Gasteiger partial charge in [0.15, 0.2) is 6.61 Å². The predicted octanol–water partition coefficient (Wildman–Crippen LogP) is 3.32. The molecule has 1 atom stereocenters. The van der Waals surface area contributed by atoms with Crippen LogP contribution in [0.2, 0.25) is 0 Å². The van der Waals surface area contributed by atoms with Crippen LogP contribution in [0.1, 0.15) is 25.8 Å². The third-order valence-electron chi connectivity index (χ3n) is 5.43. The first-order valence-corrected chi connectivity index (χ1v) is 10.1. The quantitative estimate of drug-likeness (QED) is 0.781. The van der Waals surface area contributed by atoms with Crippen LogP contribution >= 0.6 is 0 Å².